The number of aromatic nitrogens is 2. The average Bonchev–Trinajstić information content (AvgIpc) is 2.57. The topological polar surface area (TPSA) is 50.2 Å². The minimum Gasteiger partial charge on any atom is -0.350 e. The van der Waals surface area contributed by atoms with Gasteiger partial charge in [0, 0.05) is 45.1 Å². The Hall–Kier alpha value is -1.62. The maximum atomic E-state index is 12.3. The van der Waals surface area contributed by atoms with Gasteiger partial charge in [0.05, 0.1) is 0 Å². The minimum atomic E-state index is -0.00201. The van der Waals surface area contributed by atoms with E-state index in [4.69, 9.17) is 0 Å². The molecule has 0 radical (unpaired) electrons. The number of aryl methyl sites for hydroxylation is 1. The standard InChI is InChI=1S/C19H30N4O/c1-14-6-4-7-15(2)17(14)12-21-16-8-5-10-23(13-16)18-19(24)22(3)11-9-20-18/h6,9,11,15-17,21H,4-5,7-8,10,12-13H2,1-3H3/t15-,16-,17-/m0/s1. The van der Waals surface area contributed by atoms with Gasteiger partial charge in [0.1, 0.15) is 0 Å². The Morgan fingerprint density at radius 1 is 1.38 bits per heavy atom. The van der Waals surface area contributed by atoms with Crippen molar-refractivity contribution < 1.29 is 0 Å². The van der Waals surface area contributed by atoms with Crippen LogP contribution in [0.4, 0.5) is 5.82 Å². The summed E-state index contributed by atoms with van der Waals surface area (Å²) < 4.78 is 1.61. The molecule has 5 nitrogen and oxygen atoms in total. The van der Waals surface area contributed by atoms with Gasteiger partial charge in [0.15, 0.2) is 5.82 Å². The molecule has 0 amide bonds. The van der Waals surface area contributed by atoms with Crippen LogP contribution in [0.2, 0.25) is 0 Å². The molecule has 1 aromatic heterocycles. The fraction of sp³-hybridized carbons (Fsp3) is 0.684. The first-order chi connectivity index (χ1) is 11.6. The molecule has 0 bridgehead atoms. The third-order valence-corrected chi connectivity index (χ3v) is 5.71. The lowest BCUT2D eigenvalue weighted by atomic mass is 9.80. The van der Waals surface area contributed by atoms with Crippen molar-refractivity contribution in [3.63, 3.8) is 0 Å². The lowest BCUT2D eigenvalue weighted by Crippen LogP contribution is -2.49. The SMILES string of the molecule is CC1=CCC[C@H](C)[C@H]1CN[C@H]1CCCN(c2nccn(C)c2=O)C1. The van der Waals surface area contributed by atoms with Gasteiger partial charge in [-0.25, -0.2) is 4.98 Å². The van der Waals surface area contributed by atoms with Gasteiger partial charge in [-0.2, -0.15) is 0 Å². The van der Waals surface area contributed by atoms with Gasteiger partial charge < -0.3 is 14.8 Å². The van der Waals surface area contributed by atoms with E-state index >= 15 is 0 Å². The van der Waals surface area contributed by atoms with Crippen LogP contribution in [-0.4, -0.2) is 35.2 Å². The van der Waals surface area contributed by atoms with E-state index in [0.717, 1.165) is 32.0 Å². The van der Waals surface area contributed by atoms with Gasteiger partial charge in [-0.3, -0.25) is 4.79 Å². The molecule has 2 aliphatic rings. The molecule has 1 fully saturated rings. The first-order valence-electron chi connectivity index (χ1n) is 9.23. The van der Waals surface area contributed by atoms with E-state index < -0.39 is 0 Å². The average molecular weight is 330 g/mol. The molecule has 1 N–H and O–H groups in total. The number of piperidine rings is 1. The predicted octanol–water partition coefficient (Wildman–Crippen LogP) is 2.33. The van der Waals surface area contributed by atoms with Crippen LogP contribution in [0.3, 0.4) is 0 Å². The molecule has 0 spiro atoms. The Morgan fingerprint density at radius 2 is 2.21 bits per heavy atom. The summed E-state index contributed by atoms with van der Waals surface area (Å²) in [6.45, 7) is 7.47. The molecule has 0 aromatic carbocycles. The molecule has 0 unspecified atom stereocenters. The Labute approximate surface area is 144 Å². The van der Waals surface area contributed by atoms with Crippen molar-refractivity contribution in [3.05, 3.63) is 34.4 Å². The highest BCUT2D eigenvalue weighted by Gasteiger charge is 2.26. The number of anilines is 1. The van der Waals surface area contributed by atoms with E-state index in [9.17, 15) is 4.79 Å². The van der Waals surface area contributed by atoms with E-state index in [1.807, 2.05) is 0 Å². The van der Waals surface area contributed by atoms with E-state index in [1.54, 1.807) is 24.0 Å². The fourth-order valence-electron chi connectivity index (χ4n) is 4.07. The summed E-state index contributed by atoms with van der Waals surface area (Å²) in [7, 11) is 1.78. The molecule has 132 valence electrons. The highest BCUT2D eigenvalue weighted by Crippen LogP contribution is 2.29. The fourth-order valence-corrected chi connectivity index (χ4v) is 4.07. The largest absolute Gasteiger partial charge is 0.350 e. The zero-order valence-corrected chi connectivity index (χ0v) is 15.2. The van der Waals surface area contributed by atoms with Gasteiger partial charge in [-0.05, 0) is 44.4 Å². The van der Waals surface area contributed by atoms with Crippen molar-refractivity contribution in [2.24, 2.45) is 18.9 Å². The molecule has 1 aliphatic heterocycles. The first kappa shape index (κ1) is 17.2. The summed E-state index contributed by atoms with van der Waals surface area (Å²) in [6, 6.07) is 0.437. The molecule has 1 saturated heterocycles. The Balaban J connectivity index is 1.62. The second-order valence-corrected chi connectivity index (χ2v) is 7.47. The monoisotopic (exact) mass is 330 g/mol. The Bertz CT molecular complexity index is 651. The van der Waals surface area contributed by atoms with Crippen LogP contribution in [0.5, 0.6) is 0 Å². The maximum Gasteiger partial charge on any atom is 0.293 e. The quantitative estimate of drug-likeness (QED) is 0.861. The van der Waals surface area contributed by atoms with Crippen molar-refractivity contribution in [1.29, 1.82) is 0 Å². The lowest BCUT2D eigenvalue weighted by Gasteiger charge is -2.36. The lowest BCUT2D eigenvalue weighted by molar-refractivity contribution is 0.320. The molecule has 5 heteroatoms. The number of nitrogens with one attached hydrogen (secondary N) is 1. The van der Waals surface area contributed by atoms with Crippen molar-refractivity contribution in [2.75, 3.05) is 24.5 Å². The minimum absolute atomic E-state index is 0.00201. The van der Waals surface area contributed by atoms with Gasteiger partial charge >= 0.3 is 0 Å². The summed E-state index contributed by atoms with van der Waals surface area (Å²) in [5.41, 5.74) is 1.53. The summed E-state index contributed by atoms with van der Waals surface area (Å²) in [5, 5.41) is 3.77. The van der Waals surface area contributed by atoms with E-state index in [2.05, 4.69) is 35.1 Å². The van der Waals surface area contributed by atoms with Crippen molar-refractivity contribution in [2.45, 2.75) is 45.6 Å². The second kappa shape index (κ2) is 7.51. The zero-order valence-electron chi connectivity index (χ0n) is 15.2. The number of hydrogen-bond acceptors (Lipinski definition) is 4. The molecule has 2 heterocycles. The van der Waals surface area contributed by atoms with Crippen LogP contribution in [-0.2, 0) is 7.05 Å². The molecule has 1 aromatic rings. The van der Waals surface area contributed by atoms with Crippen LogP contribution in [0.25, 0.3) is 0 Å². The van der Waals surface area contributed by atoms with E-state index in [0.29, 0.717) is 17.8 Å². The Kier molecular flexibility index (Phi) is 5.39. The summed E-state index contributed by atoms with van der Waals surface area (Å²) in [5.74, 6) is 2.00. The Morgan fingerprint density at radius 3 is 3.00 bits per heavy atom. The third-order valence-electron chi connectivity index (χ3n) is 5.71. The summed E-state index contributed by atoms with van der Waals surface area (Å²) >= 11 is 0. The van der Waals surface area contributed by atoms with Crippen molar-refractivity contribution >= 4 is 5.82 Å². The van der Waals surface area contributed by atoms with Gasteiger partial charge in [0.2, 0.25) is 0 Å². The number of allylic oxidation sites excluding steroid dienone is 1. The zero-order chi connectivity index (χ0) is 17.1. The predicted molar refractivity (Wildman–Crippen MR) is 98.4 cm³/mol. The molecule has 0 saturated carbocycles. The smallest absolute Gasteiger partial charge is 0.293 e. The van der Waals surface area contributed by atoms with Crippen LogP contribution < -0.4 is 15.8 Å². The van der Waals surface area contributed by atoms with Crippen LogP contribution >= 0.6 is 0 Å². The summed E-state index contributed by atoms with van der Waals surface area (Å²) in [4.78, 5) is 18.8. The summed E-state index contributed by atoms with van der Waals surface area (Å²) in [6.07, 6.45) is 10.6. The van der Waals surface area contributed by atoms with Crippen molar-refractivity contribution in [1.82, 2.24) is 14.9 Å². The first-order valence-corrected chi connectivity index (χ1v) is 9.23. The van der Waals surface area contributed by atoms with E-state index in [1.165, 1.54) is 24.8 Å². The highest BCUT2D eigenvalue weighted by atomic mass is 16.1. The molecule has 24 heavy (non-hydrogen) atoms. The normalized spacial score (nSPS) is 27.9. The van der Waals surface area contributed by atoms with Crippen LogP contribution in [0, 0.1) is 11.8 Å². The number of rotatable bonds is 4. The van der Waals surface area contributed by atoms with E-state index in [-0.39, 0.29) is 5.56 Å². The second-order valence-electron chi connectivity index (χ2n) is 7.47. The maximum absolute atomic E-state index is 12.3. The molecular formula is C19H30N4O. The number of hydrogen-bond donors (Lipinski definition) is 1. The van der Waals surface area contributed by atoms with Crippen LogP contribution in [0.1, 0.15) is 39.5 Å². The van der Waals surface area contributed by atoms with Gasteiger partial charge in [-0.1, -0.05) is 18.6 Å². The molecule has 3 atom stereocenters. The number of nitrogens with zero attached hydrogens (tertiary/aromatic N) is 3. The van der Waals surface area contributed by atoms with Gasteiger partial charge in [0.25, 0.3) is 5.56 Å². The highest BCUT2D eigenvalue weighted by molar-refractivity contribution is 5.36. The van der Waals surface area contributed by atoms with Gasteiger partial charge in [-0.15, -0.1) is 0 Å². The molecule has 3 rings (SSSR count). The van der Waals surface area contributed by atoms with Crippen molar-refractivity contribution in [3.8, 4) is 0 Å². The molecular weight excluding hydrogens is 300 g/mol. The van der Waals surface area contributed by atoms with Crippen LogP contribution in [0.15, 0.2) is 28.8 Å². The third kappa shape index (κ3) is 3.72. The molecule has 1 aliphatic carbocycles.